The molecule has 0 aliphatic heterocycles. The Hall–Kier alpha value is -1.87. The van der Waals surface area contributed by atoms with E-state index in [1.54, 1.807) is 18.3 Å². The Bertz CT molecular complexity index is 559. The van der Waals surface area contributed by atoms with Gasteiger partial charge in [-0.05, 0) is 18.2 Å². The molecular weight excluding hydrogens is 265 g/mol. The highest BCUT2D eigenvalue weighted by Crippen LogP contribution is 2.34. The van der Waals surface area contributed by atoms with Crippen molar-refractivity contribution in [3.05, 3.63) is 72.3 Å². The van der Waals surface area contributed by atoms with Crippen LogP contribution in [0.5, 0.6) is 5.75 Å². The molecule has 0 fully saturated rings. The number of halogens is 2. The second kappa shape index (κ2) is 6.34. The molecule has 1 aromatic carbocycles. The fraction of sp³-hybridized carbons (Fsp3) is 0.133. The van der Waals surface area contributed by atoms with Crippen molar-refractivity contribution in [2.24, 2.45) is 0 Å². The van der Waals surface area contributed by atoms with Crippen molar-refractivity contribution < 1.29 is 9.13 Å². The van der Waals surface area contributed by atoms with Crippen molar-refractivity contribution in [3.8, 4) is 5.75 Å². The fourth-order valence-electron chi connectivity index (χ4n) is 1.68. The van der Waals surface area contributed by atoms with Crippen LogP contribution in [0.4, 0.5) is 4.39 Å². The Balaban J connectivity index is 2.35. The molecule has 2 aromatic rings. The van der Waals surface area contributed by atoms with Crippen LogP contribution >= 0.6 is 11.6 Å². The van der Waals surface area contributed by atoms with Crippen LogP contribution in [-0.2, 0) is 0 Å². The van der Waals surface area contributed by atoms with Gasteiger partial charge in [0.05, 0.1) is 5.69 Å². The highest BCUT2D eigenvalue weighted by Gasteiger charge is 2.17. The van der Waals surface area contributed by atoms with E-state index in [4.69, 9.17) is 16.3 Å². The average molecular weight is 278 g/mol. The van der Waals surface area contributed by atoms with Gasteiger partial charge in [-0.2, -0.15) is 0 Å². The summed E-state index contributed by atoms with van der Waals surface area (Å²) in [5, 5.41) is -0.485. The molecule has 0 amide bonds. The van der Waals surface area contributed by atoms with E-state index in [-0.39, 0.29) is 5.82 Å². The van der Waals surface area contributed by atoms with Crippen LogP contribution in [0, 0.1) is 5.82 Å². The number of nitrogens with zero attached hydrogens (tertiary/aromatic N) is 1. The predicted octanol–water partition coefficient (Wildman–Crippen LogP) is 4.11. The second-order valence-electron chi connectivity index (χ2n) is 3.90. The van der Waals surface area contributed by atoms with Crippen molar-refractivity contribution in [1.82, 2.24) is 4.98 Å². The molecule has 0 aliphatic rings. The molecule has 98 valence electrons. The quantitative estimate of drug-likeness (QED) is 0.606. The van der Waals surface area contributed by atoms with Gasteiger partial charge in [-0.1, -0.05) is 24.8 Å². The minimum absolute atomic E-state index is 0.294. The molecule has 0 bridgehead atoms. The summed E-state index contributed by atoms with van der Waals surface area (Å²) < 4.78 is 18.7. The lowest BCUT2D eigenvalue weighted by Crippen LogP contribution is -2.02. The van der Waals surface area contributed by atoms with E-state index < -0.39 is 5.38 Å². The van der Waals surface area contributed by atoms with Crippen molar-refractivity contribution in [2.75, 3.05) is 6.61 Å². The summed E-state index contributed by atoms with van der Waals surface area (Å²) in [7, 11) is 0. The number of hydrogen-bond acceptors (Lipinski definition) is 2. The molecular formula is C15H13ClFNO. The topological polar surface area (TPSA) is 22.1 Å². The maximum atomic E-state index is 13.3. The largest absolute Gasteiger partial charge is 0.489 e. The van der Waals surface area contributed by atoms with Crippen LogP contribution in [0.3, 0.4) is 0 Å². The van der Waals surface area contributed by atoms with Crippen LogP contribution in [0.15, 0.2) is 55.3 Å². The zero-order chi connectivity index (χ0) is 13.7. The molecule has 1 atom stereocenters. The Morgan fingerprint density at radius 2 is 2.21 bits per heavy atom. The van der Waals surface area contributed by atoms with Crippen molar-refractivity contribution >= 4 is 11.6 Å². The van der Waals surface area contributed by atoms with E-state index in [2.05, 4.69) is 11.6 Å². The number of aromatic nitrogens is 1. The van der Waals surface area contributed by atoms with E-state index in [1.807, 2.05) is 18.2 Å². The first-order valence-electron chi connectivity index (χ1n) is 5.80. The molecule has 0 aliphatic carbocycles. The molecule has 1 heterocycles. The predicted molar refractivity (Wildman–Crippen MR) is 74.0 cm³/mol. The van der Waals surface area contributed by atoms with Gasteiger partial charge in [-0.3, -0.25) is 4.98 Å². The molecule has 19 heavy (non-hydrogen) atoms. The number of hydrogen-bond donors (Lipinski definition) is 0. The number of rotatable bonds is 5. The summed E-state index contributed by atoms with van der Waals surface area (Å²) in [6.45, 7) is 3.86. The first kappa shape index (κ1) is 13.6. The smallest absolute Gasteiger partial charge is 0.127 e. The van der Waals surface area contributed by atoms with Gasteiger partial charge in [-0.15, -0.1) is 11.6 Å². The van der Waals surface area contributed by atoms with Gasteiger partial charge in [0.1, 0.15) is 23.6 Å². The standard InChI is InChI=1S/C15H13ClFNO/c1-2-9-19-14-10-11(17)6-7-12(14)15(16)13-5-3-4-8-18-13/h2-8,10,15H,1,9H2. The van der Waals surface area contributed by atoms with E-state index in [0.717, 1.165) is 0 Å². The monoisotopic (exact) mass is 277 g/mol. The molecule has 1 unspecified atom stereocenters. The van der Waals surface area contributed by atoms with E-state index in [1.165, 1.54) is 12.1 Å². The number of pyridine rings is 1. The SMILES string of the molecule is C=CCOc1cc(F)ccc1C(Cl)c1ccccn1. The number of ether oxygens (including phenoxy) is 1. The van der Waals surface area contributed by atoms with E-state index in [0.29, 0.717) is 23.6 Å². The molecule has 4 heteroatoms. The summed E-state index contributed by atoms with van der Waals surface area (Å²) in [5.74, 6) is 0.0400. The minimum Gasteiger partial charge on any atom is -0.489 e. The van der Waals surface area contributed by atoms with Gasteiger partial charge >= 0.3 is 0 Å². The van der Waals surface area contributed by atoms with Gasteiger partial charge in [0.2, 0.25) is 0 Å². The second-order valence-corrected chi connectivity index (χ2v) is 4.34. The lowest BCUT2D eigenvalue weighted by molar-refractivity contribution is 0.357. The van der Waals surface area contributed by atoms with Crippen LogP contribution in [0.25, 0.3) is 0 Å². The lowest BCUT2D eigenvalue weighted by Gasteiger charge is -2.14. The van der Waals surface area contributed by atoms with Crippen LogP contribution in [0.1, 0.15) is 16.6 Å². The molecule has 0 saturated carbocycles. The van der Waals surface area contributed by atoms with Crippen molar-refractivity contribution in [1.29, 1.82) is 0 Å². The van der Waals surface area contributed by atoms with Crippen molar-refractivity contribution in [3.63, 3.8) is 0 Å². The van der Waals surface area contributed by atoms with Crippen LogP contribution < -0.4 is 4.74 Å². The third-order valence-corrected chi connectivity index (χ3v) is 3.01. The van der Waals surface area contributed by atoms with E-state index >= 15 is 0 Å². The van der Waals surface area contributed by atoms with E-state index in [9.17, 15) is 4.39 Å². The Labute approximate surface area is 116 Å². The molecule has 1 aromatic heterocycles. The summed E-state index contributed by atoms with van der Waals surface area (Å²) in [6.07, 6.45) is 3.26. The molecule has 0 N–H and O–H groups in total. The highest BCUT2D eigenvalue weighted by molar-refractivity contribution is 6.22. The van der Waals surface area contributed by atoms with Gasteiger partial charge < -0.3 is 4.74 Å². The summed E-state index contributed by atoms with van der Waals surface area (Å²) in [6, 6.07) is 9.77. The zero-order valence-electron chi connectivity index (χ0n) is 10.2. The summed E-state index contributed by atoms with van der Waals surface area (Å²) >= 11 is 6.38. The number of alkyl halides is 1. The Kier molecular flexibility index (Phi) is 4.53. The maximum absolute atomic E-state index is 13.3. The molecule has 0 saturated heterocycles. The van der Waals surface area contributed by atoms with Gasteiger partial charge in [0.25, 0.3) is 0 Å². The average Bonchev–Trinajstić information content (AvgIpc) is 2.45. The fourth-order valence-corrected chi connectivity index (χ4v) is 1.99. The lowest BCUT2D eigenvalue weighted by atomic mass is 10.1. The molecule has 2 rings (SSSR count). The third-order valence-electron chi connectivity index (χ3n) is 2.55. The molecule has 0 spiro atoms. The van der Waals surface area contributed by atoms with Crippen LogP contribution in [0.2, 0.25) is 0 Å². The summed E-state index contributed by atoms with van der Waals surface area (Å²) in [5.41, 5.74) is 1.38. The van der Waals surface area contributed by atoms with Gasteiger partial charge in [-0.25, -0.2) is 4.39 Å². The molecule has 2 nitrogen and oxygen atoms in total. The first-order valence-corrected chi connectivity index (χ1v) is 6.24. The van der Waals surface area contributed by atoms with Crippen LogP contribution in [-0.4, -0.2) is 11.6 Å². The van der Waals surface area contributed by atoms with Crippen molar-refractivity contribution in [2.45, 2.75) is 5.38 Å². The zero-order valence-corrected chi connectivity index (χ0v) is 11.0. The minimum atomic E-state index is -0.485. The summed E-state index contributed by atoms with van der Waals surface area (Å²) in [4.78, 5) is 4.20. The first-order chi connectivity index (χ1) is 9.22. The highest BCUT2D eigenvalue weighted by atomic mass is 35.5. The third kappa shape index (κ3) is 3.32. The normalized spacial score (nSPS) is 11.9. The Morgan fingerprint density at radius 3 is 2.89 bits per heavy atom. The van der Waals surface area contributed by atoms with Gasteiger partial charge in [0.15, 0.2) is 0 Å². The number of benzene rings is 1. The molecule has 0 radical (unpaired) electrons. The Morgan fingerprint density at radius 1 is 1.37 bits per heavy atom. The van der Waals surface area contributed by atoms with Gasteiger partial charge in [0, 0.05) is 17.8 Å². The maximum Gasteiger partial charge on any atom is 0.127 e.